The van der Waals surface area contributed by atoms with Crippen LogP contribution in [0, 0.1) is 0 Å². The van der Waals surface area contributed by atoms with E-state index in [-0.39, 0.29) is 5.56 Å². The lowest BCUT2D eigenvalue weighted by molar-refractivity contribution is 0.199. The van der Waals surface area contributed by atoms with E-state index in [1.807, 2.05) is 31.3 Å². The van der Waals surface area contributed by atoms with Gasteiger partial charge in [0.05, 0.1) is 5.52 Å². The molecule has 0 unspecified atom stereocenters. The molecule has 0 atom stereocenters. The minimum Gasteiger partial charge on any atom is -0.343 e. The van der Waals surface area contributed by atoms with Crippen LogP contribution >= 0.6 is 0 Å². The van der Waals surface area contributed by atoms with Crippen LogP contribution in [0.15, 0.2) is 46.0 Å². The van der Waals surface area contributed by atoms with Gasteiger partial charge in [-0.2, -0.15) is 4.98 Å². The predicted molar refractivity (Wildman–Crippen MR) is 90.7 cm³/mol. The number of aromatic nitrogens is 3. The molecule has 124 valence electrons. The molecule has 0 bridgehead atoms. The van der Waals surface area contributed by atoms with Crippen LogP contribution in [-0.2, 0) is 13.6 Å². The highest BCUT2D eigenvalue weighted by molar-refractivity contribution is 5.79. The Morgan fingerprint density at radius 1 is 1.25 bits per heavy atom. The van der Waals surface area contributed by atoms with Gasteiger partial charge in [-0.15, -0.1) is 0 Å². The Kier molecular flexibility index (Phi) is 3.90. The molecule has 6 heteroatoms. The Bertz CT molecular complexity index is 893. The van der Waals surface area contributed by atoms with E-state index in [0.29, 0.717) is 12.5 Å². The molecule has 4 rings (SSSR count). The Balaban J connectivity index is 1.51. The summed E-state index contributed by atoms with van der Waals surface area (Å²) in [6.45, 7) is 2.57. The number of likely N-dealkylation sites (tertiary alicyclic amines) is 1. The van der Waals surface area contributed by atoms with Crippen LogP contribution in [0.1, 0.15) is 30.1 Å². The number of piperidine rings is 1. The Morgan fingerprint density at radius 2 is 2.04 bits per heavy atom. The Labute approximate surface area is 139 Å². The molecule has 3 aromatic rings. The minimum atomic E-state index is 0.0917. The lowest BCUT2D eigenvalue weighted by Gasteiger charge is -2.30. The van der Waals surface area contributed by atoms with Gasteiger partial charge in [0, 0.05) is 25.1 Å². The highest BCUT2D eigenvalue weighted by Crippen LogP contribution is 2.26. The van der Waals surface area contributed by atoms with Gasteiger partial charge in [0.1, 0.15) is 0 Å². The summed E-state index contributed by atoms with van der Waals surface area (Å²) in [4.78, 5) is 19.1. The third-order valence-electron chi connectivity index (χ3n) is 4.93. The molecule has 1 aliphatic rings. The summed E-state index contributed by atoms with van der Waals surface area (Å²) in [5.74, 6) is 1.16. The summed E-state index contributed by atoms with van der Waals surface area (Å²) in [5, 5.41) is 5.06. The van der Waals surface area contributed by atoms with E-state index >= 15 is 0 Å². The fourth-order valence-electron chi connectivity index (χ4n) is 3.55. The third-order valence-corrected chi connectivity index (χ3v) is 4.93. The zero-order valence-electron chi connectivity index (χ0n) is 13.7. The van der Waals surface area contributed by atoms with Crippen molar-refractivity contribution < 1.29 is 4.52 Å². The smallest absolute Gasteiger partial charge is 0.255 e. The molecule has 1 fully saturated rings. The maximum atomic E-state index is 12.6. The van der Waals surface area contributed by atoms with Crippen molar-refractivity contribution in [3.05, 3.63) is 58.5 Å². The van der Waals surface area contributed by atoms with Crippen molar-refractivity contribution in [3.8, 4) is 0 Å². The van der Waals surface area contributed by atoms with Gasteiger partial charge in [-0.1, -0.05) is 23.4 Å². The quantitative estimate of drug-likeness (QED) is 0.740. The fraction of sp³-hybridized carbons (Fsp3) is 0.389. The molecule has 0 spiro atoms. The first kappa shape index (κ1) is 15.1. The van der Waals surface area contributed by atoms with Crippen molar-refractivity contribution in [1.82, 2.24) is 19.6 Å². The van der Waals surface area contributed by atoms with Crippen LogP contribution in [0.2, 0.25) is 0 Å². The van der Waals surface area contributed by atoms with Crippen molar-refractivity contribution in [2.45, 2.75) is 25.3 Å². The van der Waals surface area contributed by atoms with E-state index < -0.39 is 0 Å². The average Bonchev–Trinajstić information content (AvgIpc) is 3.15. The summed E-state index contributed by atoms with van der Waals surface area (Å²) in [5.41, 5.74) is 1.92. The van der Waals surface area contributed by atoms with E-state index in [0.717, 1.165) is 48.2 Å². The predicted octanol–water partition coefficient (Wildman–Crippen LogP) is 2.30. The van der Waals surface area contributed by atoms with Crippen LogP contribution < -0.4 is 5.56 Å². The summed E-state index contributed by atoms with van der Waals surface area (Å²) in [7, 11) is 1.84. The van der Waals surface area contributed by atoms with E-state index in [9.17, 15) is 4.79 Å². The second-order valence-electron chi connectivity index (χ2n) is 6.43. The third kappa shape index (κ3) is 2.73. The molecular weight excluding hydrogens is 304 g/mol. The van der Waals surface area contributed by atoms with E-state index in [1.165, 1.54) is 6.39 Å². The summed E-state index contributed by atoms with van der Waals surface area (Å²) in [6, 6.07) is 10.0. The molecule has 24 heavy (non-hydrogen) atoms. The molecule has 6 nitrogen and oxygen atoms in total. The number of fused-ring (bicyclic) bond motifs is 1. The van der Waals surface area contributed by atoms with Gasteiger partial charge >= 0.3 is 0 Å². The van der Waals surface area contributed by atoms with Gasteiger partial charge in [0.15, 0.2) is 5.82 Å². The number of hydrogen-bond donors (Lipinski definition) is 0. The monoisotopic (exact) mass is 324 g/mol. The number of benzene rings is 1. The van der Waals surface area contributed by atoms with E-state index in [1.54, 1.807) is 4.57 Å². The zero-order valence-corrected chi connectivity index (χ0v) is 13.7. The van der Waals surface area contributed by atoms with Crippen molar-refractivity contribution in [2.24, 2.45) is 7.05 Å². The molecule has 0 radical (unpaired) electrons. The standard InChI is InChI=1S/C18H20N4O2/c1-21-16-5-3-2-4-14(16)10-15(18(21)23)11-22-8-6-13(7-9-22)17-19-12-24-20-17/h2-5,10,12-13H,6-9,11H2,1H3. The molecule has 0 amide bonds. The van der Waals surface area contributed by atoms with Gasteiger partial charge in [-0.05, 0) is 43.5 Å². The number of aryl methyl sites for hydroxylation is 1. The van der Waals surface area contributed by atoms with Crippen LogP contribution in [0.4, 0.5) is 0 Å². The van der Waals surface area contributed by atoms with Crippen LogP contribution in [-0.4, -0.2) is 32.7 Å². The van der Waals surface area contributed by atoms with Gasteiger partial charge in [-0.25, -0.2) is 0 Å². The van der Waals surface area contributed by atoms with Crippen molar-refractivity contribution in [1.29, 1.82) is 0 Å². The maximum Gasteiger partial charge on any atom is 0.255 e. The molecule has 0 N–H and O–H groups in total. The highest BCUT2D eigenvalue weighted by Gasteiger charge is 2.24. The number of hydrogen-bond acceptors (Lipinski definition) is 5. The molecule has 1 saturated heterocycles. The first-order chi connectivity index (χ1) is 11.7. The first-order valence-corrected chi connectivity index (χ1v) is 8.28. The minimum absolute atomic E-state index is 0.0917. The van der Waals surface area contributed by atoms with Gasteiger partial charge in [-0.3, -0.25) is 9.69 Å². The second-order valence-corrected chi connectivity index (χ2v) is 6.43. The SMILES string of the molecule is Cn1c(=O)c(CN2CCC(c3ncon3)CC2)cc2ccccc21. The molecule has 0 saturated carbocycles. The maximum absolute atomic E-state index is 12.6. The number of nitrogens with zero attached hydrogens (tertiary/aromatic N) is 4. The number of pyridine rings is 1. The second kappa shape index (κ2) is 6.20. The van der Waals surface area contributed by atoms with Crippen molar-refractivity contribution >= 4 is 10.9 Å². The largest absolute Gasteiger partial charge is 0.343 e. The summed E-state index contributed by atoms with van der Waals surface area (Å²) < 4.78 is 6.59. The lowest BCUT2D eigenvalue weighted by atomic mass is 9.96. The molecule has 2 aromatic heterocycles. The zero-order chi connectivity index (χ0) is 16.5. The Morgan fingerprint density at radius 3 is 2.79 bits per heavy atom. The van der Waals surface area contributed by atoms with Crippen LogP contribution in [0.3, 0.4) is 0 Å². The molecule has 1 aromatic carbocycles. The van der Waals surface area contributed by atoms with E-state index in [4.69, 9.17) is 4.52 Å². The van der Waals surface area contributed by atoms with Gasteiger partial charge in [0.2, 0.25) is 6.39 Å². The topological polar surface area (TPSA) is 64.2 Å². The first-order valence-electron chi connectivity index (χ1n) is 8.28. The Hall–Kier alpha value is -2.47. The highest BCUT2D eigenvalue weighted by atomic mass is 16.5. The normalized spacial score (nSPS) is 16.7. The van der Waals surface area contributed by atoms with Gasteiger partial charge in [0.25, 0.3) is 5.56 Å². The van der Waals surface area contributed by atoms with Crippen LogP contribution in [0.5, 0.6) is 0 Å². The fourth-order valence-corrected chi connectivity index (χ4v) is 3.55. The average molecular weight is 324 g/mol. The molecule has 1 aliphatic heterocycles. The number of para-hydroxylation sites is 1. The van der Waals surface area contributed by atoms with Crippen molar-refractivity contribution in [2.75, 3.05) is 13.1 Å². The van der Waals surface area contributed by atoms with E-state index in [2.05, 4.69) is 21.1 Å². The lowest BCUT2D eigenvalue weighted by Crippen LogP contribution is -2.35. The summed E-state index contributed by atoms with van der Waals surface area (Å²) in [6.07, 6.45) is 3.38. The summed E-state index contributed by atoms with van der Waals surface area (Å²) >= 11 is 0. The molecule has 3 heterocycles. The van der Waals surface area contributed by atoms with Gasteiger partial charge < -0.3 is 9.09 Å². The molecular formula is C18H20N4O2. The molecule has 0 aliphatic carbocycles. The van der Waals surface area contributed by atoms with Crippen LogP contribution in [0.25, 0.3) is 10.9 Å². The number of rotatable bonds is 3. The van der Waals surface area contributed by atoms with Crippen molar-refractivity contribution in [3.63, 3.8) is 0 Å².